The van der Waals surface area contributed by atoms with Crippen LogP contribution in [0.15, 0.2) is 67.1 Å². The number of hydrogen-bond acceptors (Lipinski definition) is 5. The molecular weight excluding hydrogens is 376 g/mol. The molecule has 0 unspecified atom stereocenters. The number of benzene rings is 1. The van der Waals surface area contributed by atoms with Crippen LogP contribution in [0.25, 0.3) is 16.9 Å². The van der Waals surface area contributed by atoms with Gasteiger partial charge in [0.2, 0.25) is 5.95 Å². The molecule has 3 heterocycles. The van der Waals surface area contributed by atoms with Gasteiger partial charge in [-0.2, -0.15) is 4.98 Å². The molecule has 0 aliphatic carbocycles. The fourth-order valence-electron chi connectivity index (χ4n) is 2.77. The first-order chi connectivity index (χ1) is 13.7. The van der Waals surface area contributed by atoms with Crippen molar-refractivity contribution in [3.8, 4) is 5.82 Å². The summed E-state index contributed by atoms with van der Waals surface area (Å²) in [5.74, 6) is 1.05. The van der Waals surface area contributed by atoms with Crippen LogP contribution in [-0.2, 0) is 0 Å². The SMILES string of the molecule is O=C(NCCNc1nccc(-n2ccc3cccnc32)n1)c1ccc(Cl)cc1. The van der Waals surface area contributed by atoms with E-state index in [0.717, 1.165) is 16.9 Å². The number of halogens is 1. The van der Waals surface area contributed by atoms with E-state index in [1.807, 2.05) is 35.0 Å². The first-order valence-corrected chi connectivity index (χ1v) is 9.12. The van der Waals surface area contributed by atoms with E-state index in [9.17, 15) is 4.79 Å². The van der Waals surface area contributed by atoms with Crippen molar-refractivity contribution in [1.29, 1.82) is 0 Å². The molecule has 0 radical (unpaired) electrons. The zero-order valence-corrected chi connectivity index (χ0v) is 15.6. The van der Waals surface area contributed by atoms with Gasteiger partial charge in [0.25, 0.3) is 5.91 Å². The predicted molar refractivity (Wildman–Crippen MR) is 109 cm³/mol. The second kappa shape index (κ2) is 8.06. The Morgan fingerprint density at radius 2 is 1.86 bits per heavy atom. The summed E-state index contributed by atoms with van der Waals surface area (Å²) in [5.41, 5.74) is 1.40. The van der Waals surface area contributed by atoms with Gasteiger partial charge in [-0.1, -0.05) is 11.6 Å². The molecule has 4 aromatic rings. The van der Waals surface area contributed by atoms with Crippen molar-refractivity contribution in [3.63, 3.8) is 0 Å². The molecule has 0 aliphatic rings. The van der Waals surface area contributed by atoms with Crippen LogP contribution in [0.1, 0.15) is 10.4 Å². The molecule has 1 amide bonds. The Labute approximate surface area is 166 Å². The van der Waals surface area contributed by atoms with Gasteiger partial charge in [0.15, 0.2) is 0 Å². The van der Waals surface area contributed by atoms with Crippen LogP contribution in [0.2, 0.25) is 5.02 Å². The van der Waals surface area contributed by atoms with Gasteiger partial charge in [-0.05, 0) is 48.5 Å². The summed E-state index contributed by atoms with van der Waals surface area (Å²) >= 11 is 5.83. The van der Waals surface area contributed by atoms with E-state index in [2.05, 4.69) is 25.6 Å². The molecule has 0 saturated heterocycles. The molecule has 0 fully saturated rings. The summed E-state index contributed by atoms with van der Waals surface area (Å²) in [6.07, 6.45) is 5.37. The van der Waals surface area contributed by atoms with Crippen LogP contribution in [0.3, 0.4) is 0 Å². The van der Waals surface area contributed by atoms with Crippen LogP contribution in [0, 0.1) is 0 Å². The molecule has 140 valence electrons. The number of fused-ring (bicyclic) bond motifs is 1. The van der Waals surface area contributed by atoms with Gasteiger partial charge in [0.05, 0.1) is 0 Å². The maximum atomic E-state index is 12.1. The van der Waals surface area contributed by atoms with E-state index < -0.39 is 0 Å². The summed E-state index contributed by atoms with van der Waals surface area (Å²) in [4.78, 5) is 25.2. The van der Waals surface area contributed by atoms with E-state index in [4.69, 9.17) is 11.6 Å². The van der Waals surface area contributed by atoms with Crippen molar-refractivity contribution in [2.24, 2.45) is 0 Å². The van der Waals surface area contributed by atoms with Gasteiger partial charge in [-0.25, -0.2) is 9.97 Å². The molecule has 7 nitrogen and oxygen atoms in total. The van der Waals surface area contributed by atoms with E-state index in [1.165, 1.54) is 0 Å². The molecule has 1 aromatic carbocycles. The molecule has 4 rings (SSSR count). The highest BCUT2D eigenvalue weighted by Crippen LogP contribution is 2.17. The van der Waals surface area contributed by atoms with E-state index in [0.29, 0.717) is 29.6 Å². The number of carbonyl (C=O) groups excluding carboxylic acids is 1. The van der Waals surface area contributed by atoms with Gasteiger partial charge < -0.3 is 10.6 Å². The van der Waals surface area contributed by atoms with Crippen molar-refractivity contribution >= 4 is 34.5 Å². The Kier molecular flexibility index (Phi) is 5.16. The number of amides is 1. The van der Waals surface area contributed by atoms with Crippen LogP contribution < -0.4 is 10.6 Å². The number of anilines is 1. The lowest BCUT2D eigenvalue weighted by Crippen LogP contribution is -2.29. The third-order valence-electron chi connectivity index (χ3n) is 4.14. The maximum absolute atomic E-state index is 12.1. The van der Waals surface area contributed by atoms with Gasteiger partial charge in [-0.15, -0.1) is 0 Å². The highest BCUT2D eigenvalue weighted by atomic mass is 35.5. The average molecular weight is 393 g/mol. The second-order valence-corrected chi connectivity index (χ2v) is 6.47. The van der Waals surface area contributed by atoms with Crippen molar-refractivity contribution in [2.75, 3.05) is 18.4 Å². The fourth-order valence-corrected chi connectivity index (χ4v) is 2.90. The smallest absolute Gasteiger partial charge is 0.251 e. The minimum Gasteiger partial charge on any atom is -0.352 e. The van der Waals surface area contributed by atoms with Crippen molar-refractivity contribution in [3.05, 3.63) is 77.7 Å². The first kappa shape index (κ1) is 17.9. The Balaban J connectivity index is 1.36. The topological polar surface area (TPSA) is 84.7 Å². The lowest BCUT2D eigenvalue weighted by atomic mass is 10.2. The molecule has 0 spiro atoms. The van der Waals surface area contributed by atoms with Gasteiger partial charge in [0, 0.05) is 47.7 Å². The van der Waals surface area contributed by atoms with E-state index in [-0.39, 0.29) is 5.91 Å². The third kappa shape index (κ3) is 3.94. The molecule has 2 N–H and O–H groups in total. The standard InChI is InChI=1S/C20H17ClN6O/c21-16-5-3-15(4-6-16)19(28)23-11-12-25-20-24-10-7-17(26-20)27-13-8-14-2-1-9-22-18(14)27/h1-10,13H,11-12H2,(H,23,28)(H,24,25,26). The average Bonchev–Trinajstić information content (AvgIpc) is 3.16. The Morgan fingerprint density at radius 1 is 1.00 bits per heavy atom. The van der Waals surface area contributed by atoms with Crippen LogP contribution in [-0.4, -0.2) is 38.5 Å². The van der Waals surface area contributed by atoms with Crippen molar-refractivity contribution < 1.29 is 4.79 Å². The number of nitrogens with zero attached hydrogens (tertiary/aromatic N) is 4. The molecule has 28 heavy (non-hydrogen) atoms. The Morgan fingerprint density at radius 3 is 2.71 bits per heavy atom. The van der Waals surface area contributed by atoms with Crippen molar-refractivity contribution in [1.82, 2.24) is 24.8 Å². The summed E-state index contributed by atoms with van der Waals surface area (Å²) in [6.45, 7) is 0.927. The van der Waals surface area contributed by atoms with E-state index >= 15 is 0 Å². The monoisotopic (exact) mass is 392 g/mol. The summed E-state index contributed by atoms with van der Waals surface area (Å²) in [6, 6.07) is 14.5. The predicted octanol–water partition coefficient (Wildman–Crippen LogP) is 3.31. The van der Waals surface area contributed by atoms with Gasteiger partial charge in [0.1, 0.15) is 11.5 Å². The molecule has 0 saturated carbocycles. The van der Waals surface area contributed by atoms with Gasteiger partial charge >= 0.3 is 0 Å². The lowest BCUT2D eigenvalue weighted by molar-refractivity contribution is 0.0955. The number of carbonyl (C=O) groups is 1. The van der Waals surface area contributed by atoms with Gasteiger partial charge in [-0.3, -0.25) is 9.36 Å². The maximum Gasteiger partial charge on any atom is 0.251 e. The number of nitrogens with one attached hydrogen (secondary N) is 2. The Hall–Kier alpha value is -3.45. The number of pyridine rings is 1. The number of rotatable bonds is 6. The quantitative estimate of drug-likeness (QED) is 0.492. The first-order valence-electron chi connectivity index (χ1n) is 8.74. The second-order valence-electron chi connectivity index (χ2n) is 6.03. The summed E-state index contributed by atoms with van der Waals surface area (Å²) in [5, 5.41) is 7.60. The molecule has 0 bridgehead atoms. The van der Waals surface area contributed by atoms with Crippen LogP contribution in [0.5, 0.6) is 0 Å². The normalized spacial score (nSPS) is 10.8. The molecule has 0 atom stereocenters. The Bertz CT molecular complexity index is 1110. The van der Waals surface area contributed by atoms with Crippen molar-refractivity contribution in [2.45, 2.75) is 0 Å². The lowest BCUT2D eigenvalue weighted by Gasteiger charge is -2.09. The molecular formula is C20H17ClN6O. The minimum absolute atomic E-state index is 0.155. The summed E-state index contributed by atoms with van der Waals surface area (Å²) in [7, 11) is 0. The minimum atomic E-state index is -0.155. The fraction of sp³-hybridized carbons (Fsp3) is 0.100. The number of aromatic nitrogens is 4. The molecule has 8 heteroatoms. The van der Waals surface area contributed by atoms with Crippen LogP contribution in [0.4, 0.5) is 5.95 Å². The van der Waals surface area contributed by atoms with E-state index in [1.54, 1.807) is 36.7 Å². The zero-order valence-electron chi connectivity index (χ0n) is 14.8. The van der Waals surface area contributed by atoms with Crippen LogP contribution >= 0.6 is 11.6 Å². The molecule has 3 aromatic heterocycles. The largest absolute Gasteiger partial charge is 0.352 e. The third-order valence-corrected chi connectivity index (χ3v) is 4.39. The summed E-state index contributed by atoms with van der Waals surface area (Å²) < 4.78 is 1.91. The number of hydrogen-bond donors (Lipinski definition) is 2. The zero-order chi connectivity index (χ0) is 19.3. The molecule has 0 aliphatic heterocycles. The highest BCUT2D eigenvalue weighted by Gasteiger charge is 2.07. The highest BCUT2D eigenvalue weighted by molar-refractivity contribution is 6.30.